The van der Waals surface area contributed by atoms with Gasteiger partial charge in [-0.3, -0.25) is 0 Å². The average Bonchev–Trinajstić information content (AvgIpc) is 1.52. The van der Waals surface area contributed by atoms with Crippen LogP contribution in [0.1, 0.15) is 49.9 Å². The number of hydrogen-bond acceptors (Lipinski definition) is 0. The molecule has 0 unspecified atom stereocenters. The monoisotopic (exact) mass is 1500 g/mol. The third-order valence-corrected chi connectivity index (χ3v) is 27.0. The van der Waals surface area contributed by atoms with Gasteiger partial charge in [0.25, 0.3) is 0 Å². The third kappa shape index (κ3) is 9.48. The fourth-order valence-corrected chi connectivity index (χ4v) is 21.4. The predicted octanol–water partition coefficient (Wildman–Crippen LogP) is 30.6. The molecule has 2 aliphatic rings. The van der Waals surface area contributed by atoms with E-state index in [-0.39, 0.29) is 10.8 Å². The summed E-state index contributed by atoms with van der Waals surface area (Å²) in [5.74, 6) is 0. The first-order chi connectivity index (χ1) is 58.1. The maximum absolute atomic E-state index is 2.52. The van der Waals surface area contributed by atoms with E-state index in [4.69, 9.17) is 0 Å². The molecule has 2 aliphatic carbocycles. The molecule has 0 saturated heterocycles. The van der Waals surface area contributed by atoms with E-state index in [0.29, 0.717) is 0 Å². The van der Waals surface area contributed by atoms with Gasteiger partial charge in [0.15, 0.2) is 0 Å². The van der Waals surface area contributed by atoms with Gasteiger partial charge in [-0.15, -0.1) is 0 Å². The molecule has 0 amide bonds. The number of hydrogen-bond donors (Lipinski definition) is 0. The molecule has 118 heavy (non-hydrogen) atoms. The van der Waals surface area contributed by atoms with Crippen LogP contribution in [0.25, 0.3) is 219 Å². The van der Waals surface area contributed by atoms with Gasteiger partial charge in [0, 0.05) is 76.7 Å². The normalized spacial score (nSPS) is 13.4. The van der Waals surface area contributed by atoms with Gasteiger partial charge in [0.1, 0.15) is 0 Å². The van der Waals surface area contributed by atoms with Crippen LogP contribution < -0.4 is 0 Å². The highest BCUT2D eigenvalue weighted by Crippen LogP contribution is 2.55. The zero-order chi connectivity index (χ0) is 78.0. The van der Waals surface area contributed by atoms with Gasteiger partial charge in [-0.2, -0.15) is 0 Å². The first-order valence-corrected chi connectivity index (χ1v) is 41.4. The first-order valence-electron chi connectivity index (χ1n) is 41.4. The zero-order valence-corrected chi connectivity index (χ0v) is 65.7. The van der Waals surface area contributed by atoms with Crippen molar-refractivity contribution in [2.24, 2.45) is 0 Å². The maximum Gasteiger partial charge on any atom is 0.0547 e. The average molecular weight is 1500 g/mol. The van der Waals surface area contributed by atoms with Crippen molar-refractivity contribution < 1.29 is 0 Å². The Hall–Kier alpha value is -14.8. The minimum absolute atomic E-state index is 0.106. The summed E-state index contributed by atoms with van der Waals surface area (Å²) in [4.78, 5) is 0. The molecule has 4 aromatic heterocycles. The molecule has 24 aromatic rings. The molecule has 0 bridgehead atoms. The molecule has 0 saturated carbocycles. The molecule has 0 N–H and O–H groups in total. The Morgan fingerprint density at radius 1 is 0.144 bits per heavy atom. The number of nitrogens with zero attached hydrogens (tertiary/aromatic N) is 4. The quantitative estimate of drug-likeness (QED) is 0.148. The summed E-state index contributed by atoms with van der Waals surface area (Å²) in [6.45, 7) is 9.52. The van der Waals surface area contributed by atoms with Crippen LogP contribution in [0.2, 0.25) is 0 Å². The Kier molecular flexibility index (Phi) is 14.0. The van der Waals surface area contributed by atoms with Crippen LogP contribution in [-0.2, 0) is 10.8 Å². The van der Waals surface area contributed by atoms with Crippen LogP contribution in [0.3, 0.4) is 0 Å². The lowest BCUT2D eigenvalue weighted by atomic mass is 9.82. The largest absolute Gasteiger partial charge is 0.309 e. The van der Waals surface area contributed by atoms with Crippen molar-refractivity contribution in [2.45, 2.75) is 38.5 Å². The number of para-hydroxylation sites is 4. The van der Waals surface area contributed by atoms with Gasteiger partial charge >= 0.3 is 0 Å². The Morgan fingerprint density at radius 2 is 0.415 bits per heavy atom. The highest BCUT2D eigenvalue weighted by atomic mass is 15.0. The molecule has 4 heteroatoms. The zero-order valence-electron chi connectivity index (χ0n) is 65.7. The second-order valence-electron chi connectivity index (χ2n) is 33.8. The highest BCUT2D eigenvalue weighted by molar-refractivity contribution is 6.31. The molecule has 0 radical (unpaired) electrons. The molecule has 4 nitrogen and oxygen atoms in total. The minimum Gasteiger partial charge on any atom is -0.309 e. The molecule has 0 aliphatic heterocycles. The highest BCUT2D eigenvalue weighted by Gasteiger charge is 2.38. The summed E-state index contributed by atoms with van der Waals surface area (Å²) < 4.78 is 9.82. The number of rotatable bonds is 6. The SMILES string of the molecule is CC1(C)c2ccccc2-c2cc3c4cc5c6ccccc6c6ccccc6c5cc4n(-c4ccc(-c5ccc6c(c5)c5ccccc5n6-c5ccccc5)cc4)c3cc21.CC1(C)c2ccccc2-c2cc3c4cc5c6ccccc6c6ccccc6c5cc4n(-c4ccc(-c5ccc6c7ccccc7n(-c7ccccc7)c6c5)cc4)c3cc21. The van der Waals surface area contributed by atoms with Crippen molar-refractivity contribution in [1.82, 2.24) is 18.3 Å². The Labute approximate surface area is 681 Å². The number of fused-ring (bicyclic) bond motifs is 30. The Balaban J connectivity index is 0.000000131. The summed E-state index contributed by atoms with van der Waals surface area (Å²) in [7, 11) is 0. The van der Waals surface area contributed by atoms with E-state index in [1.54, 1.807) is 0 Å². The van der Waals surface area contributed by atoms with E-state index in [2.05, 4.69) is 434 Å². The van der Waals surface area contributed by atoms with Gasteiger partial charge in [-0.25, -0.2) is 0 Å². The van der Waals surface area contributed by atoms with Crippen molar-refractivity contribution in [3.05, 3.63) is 411 Å². The predicted molar refractivity (Wildman–Crippen MR) is 501 cm³/mol. The fraction of sp³-hybridized carbons (Fsp3) is 0.0526. The molecule has 26 rings (SSSR count). The van der Waals surface area contributed by atoms with E-state index < -0.39 is 0 Å². The smallest absolute Gasteiger partial charge is 0.0547 e. The van der Waals surface area contributed by atoms with Crippen molar-refractivity contribution in [1.29, 1.82) is 0 Å². The number of benzene rings is 20. The van der Waals surface area contributed by atoms with Gasteiger partial charge in [-0.05, 0) is 259 Å². The molecule has 0 fully saturated rings. The molecule has 0 atom stereocenters. The lowest BCUT2D eigenvalue weighted by Crippen LogP contribution is -2.14. The van der Waals surface area contributed by atoms with E-state index in [1.165, 1.54) is 230 Å². The summed E-state index contributed by atoms with van der Waals surface area (Å²) in [5.41, 5.74) is 30.0. The van der Waals surface area contributed by atoms with Crippen LogP contribution in [0.4, 0.5) is 0 Å². The number of aromatic nitrogens is 4. The van der Waals surface area contributed by atoms with E-state index >= 15 is 0 Å². The van der Waals surface area contributed by atoms with Gasteiger partial charge in [-0.1, -0.05) is 289 Å². The van der Waals surface area contributed by atoms with Crippen molar-refractivity contribution in [2.75, 3.05) is 0 Å². The lowest BCUT2D eigenvalue weighted by Gasteiger charge is -2.21. The van der Waals surface area contributed by atoms with Crippen LogP contribution in [-0.4, -0.2) is 18.3 Å². The second kappa shape index (κ2) is 24.8. The van der Waals surface area contributed by atoms with Crippen LogP contribution in [0, 0.1) is 0 Å². The molecule has 4 heterocycles. The molecular formula is C114H76N4. The second-order valence-corrected chi connectivity index (χ2v) is 33.8. The topological polar surface area (TPSA) is 19.7 Å². The molecule has 0 spiro atoms. The van der Waals surface area contributed by atoms with Gasteiger partial charge < -0.3 is 18.3 Å². The molecular weight excluding hydrogens is 1430 g/mol. The van der Waals surface area contributed by atoms with Crippen molar-refractivity contribution >= 4 is 152 Å². The van der Waals surface area contributed by atoms with E-state index in [1.807, 2.05) is 0 Å². The molecule has 552 valence electrons. The summed E-state index contributed by atoms with van der Waals surface area (Å²) >= 11 is 0. The lowest BCUT2D eigenvalue weighted by molar-refractivity contribution is 0.661. The van der Waals surface area contributed by atoms with Crippen molar-refractivity contribution in [3.8, 4) is 67.3 Å². The maximum atomic E-state index is 2.52. The van der Waals surface area contributed by atoms with Crippen LogP contribution >= 0.6 is 0 Å². The van der Waals surface area contributed by atoms with Crippen molar-refractivity contribution in [3.63, 3.8) is 0 Å². The first kappa shape index (κ1) is 66.6. The third-order valence-electron chi connectivity index (χ3n) is 27.0. The fourth-order valence-electron chi connectivity index (χ4n) is 21.4. The standard InChI is InChI=1S/2C57H38N2/c1-57(2)51-22-12-10-20-43(51)47-32-50-49-31-45-41-18-8-6-16-39(41)40-17-7-9-19-42(40)46(45)33-55(49)59(56(50)34-52(47)57)38-27-24-35(25-28-38)36-26-29-54-48(30-36)44-21-11-13-23-53(44)58(54)37-14-4-3-5-15-37;1-57(2)51-22-12-10-20-43(51)48-32-50-49-31-46-41-18-8-6-16-39(41)40-17-7-9-19-42(40)47(46)33-55(49)59(56(50)34-52(48)57)38-27-24-35(25-28-38)36-26-29-45-44-21-11-13-23-53(44)58(54(45)30-36)37-14-4-3-5-15-37/h2*3-34H,1-2H3. The van der Waals surface area contributed by atoms with Crippen LogP contribution in [0.5, 0.6) is 0 Å². The van der Waals surface area contributed by atoms with Gasteiger partial charge in [0.2, 0.25) is 0 Å². The minimum atomic E-state index is -0.108. The summed E-state index contributed by atoms with van der Waals surface area (Å²) in [6.07, 6.45) is 0. The Morgan fingerprint density at radius 3 is 0.856 bits per heavy atom. The summed E-state index contributed by atoms with van der Waals surface area (Å²) in [6, 6.07) is 145. The summed E-state index contributed by atoms with van der Waals surface area (Å²) in [5, 5.41) is 25.7. The van der Waals surface area contributed by atoms with Gasteiger partial charge in [0.05, 0.1) is 44.1 Å². The van der Waals surface area contributed by atoms with E-state index in [9.17, 15) is 0 Å². The molecule has 20 aromatic carbocycles. The van der Waals surface area contributed by atoms with Crippen LogP contribution in [0.15, 0.2) is 388 Å². The van der Waals surface area contributed by atoms with E-state index in [0.717, 1.165) is 11.4 Å². The Bertz CT molecular complexity index is 8450.